The molecule has 1 fully saturated rings. The van der Waals surface area contributed by atoms with Crippen LogP contribution in [-0.4, -0.2) is 23.3 Å². The molecule has 5 nitrogen and oxygen atoms in total. The molecule has 184 valence electrons. The predicted molar refractivity (Wildman–Crippen MR) is 140 cm³/mol. The first-order valence-electron chi connectivity index (χ1n) is 12.4. The topological polar surface area (TPSA) is 72.6 Å². The molecule has 3 aromatic carbocycles. The van der Waals surface area contributed by atoms with E-state index in [1.165, 1.54) is 5.56 Å². The molecule has 0 saturated heterocycles. The van der Waals surface area contributed by atoms with Gasteiger partial charge in [0.25, 0.3) is 0 Å². The second kappa shape index (κ2) is 9.65. The van der Waals surface area contributed by atoms with Crippen molar-refractivity contribution in [1.29, 1.82) is 0 Å². The smallest absolute Gasteiger partial charge is 0.314 e. The van der Waals surface area contributed by atoms with Crippen LogP contribution in [-0.2, 0) is 23.1 Å². The van der Waals surface area contributed by atoms with Gasteiger partial charge < -0.3 is 14.4 Å². The van der Waals surface area contributed by atoms with Gasteiger partial charge in [0.15, 0.2) is 5.76 Å². The van der Waals surface area contributed by atoms with Crippen molar-refractivity contribution >= 4 is 5.97 Å². The van der Waals surface area contributed by atoms with E-state index in [-0.39, 0.29) is 0 Å². The molecule has 1 aliphatic rings. The molecule has 1 atom stereocenters. The lowest BCUT2D eigenvalue weighted by molar-refractivity contribution is -0.140. The molecule has 4 aromatic rings. The second-order valence-electron chi connectivity index (χ2n) is 9.98. The van der Waals surface area contributed by atoms with Crippen LogP contribution >= 0.6 is 0 Å². The SMILES string of the molecule is COc1ccc(CC(C)Cc2c(C)noc2-c2ccc(-c3ccc(C4(C(=O)O)CC4)cc3)cc2)cc1. The number of aromatic nitrogens is 1. The third-order valence-corrected chi connectivity index (χ3v) is 7.36. The lowest BCUT2D eigenvalue weighted by atomic mass is 9.91. The summed E-state index contributed by atoms with van der Waals surface area (Å²) in [6.07, 6.45) is 3.28. The van der Waals surface area contributed by atoms with Gasteiger partial charge in [0.1, 0.15) is 5.75 Å². The zero-order valence-corrected chi connectivity index (χ0v) is 21.0. The van der Waals surface area contributed by atoms with E-state index in [1.54, 1.807) is 7.11 Å². The van der Waals surface area contributed by atoms with Crippen LogP contribution in [0.1, 0.15) is 42.1 Å². The summed E-state index contributed by atoms with van der Waals surface area (Å²) in [6, 6.07) is 24.5. The molecule has 36 heavy (non-hydrogen) atoms. The number of hydrogen-bond donors (Lipinski definition) is 1. The van der Waals surface area contributed by atoms with E-state index < -0.39 is 11.4 Å². The van der Waals surface area contributed by atoms with Crippen LogP contribution in [0.5, 0.6) is 5.75 Å². The van der Waals surface area contributed by atoms with Crippen LogP contribution in [0.15, 0.2) is 77.3 Å². The highest BCUT2D eigenvalue weighted by molar-refractivity contribution is 5.85. The first-order chi connectivity index (χ1) is 17.4. The minimum Gasteiger partial charge on any atom is -0.497 e. The number of ether oxygens (including phenoxy) is 1. The van der Waals surface area contributed by atoms with Crippen molar-refractivity contribution < 1.29 is 19.2 Å². The minimum absolute atomic E-state index is 0.425. The van der Waals surface area contributed by atoms with Crippen LogP contribution < -0.4 is 4.74 Å². The molecule has 0 radical (unpaired) electrons. The minimum atomic E-state index is -0.726. The van der Waals surface area contributed by atoms with Crippen molar-refractivity contribution in [1.82, 2.24) is 5.16 Å². The Morgan fingerprint density at radius 3 is 2.08 bits per heavy atom. The zero-order chi connectivity index (χ0) is 25.3. The monoisotopic (exact) mass is 481 g/mol. The fraction of sp³-hybridized carbons (Fsp3) is 0.290. The van der Waals surface area contributed by atoms with Gasteiger partial charge in [0.2, 0.25) is 0 Å². The molecule has 0 bridgehead atoms. The number of carboxylic acid groups (broad SMARTS) is 1. The predicted octanol–water partition coefficient (Wildman–Crippen LogP) is 6.86. The van der Waals surface area contributed by atoms with E-state index in [0.29, 0.717) is 18.8 Å². The molecule has 1 unspecified atom stereocenters. The fourth-order valence-electron chi connectivity index (χ4n) is 4.99. The van der Waals surface area contributed by atoms with Crippen molar-refractivity contribution in [3.8, 4) is 28.2 Å². The van der Waals surface area contributed by atoms with E-state index in [0.717, 1.165) is 57.9 Å². The van der Waals surface area contributed by atoms with Gasteiger partial charge >= 0.3 is 5.97 Å². The lowest BCUT2D eigenvalue weighted by Crippen LogP contribution is -2.19. The summed E-state index contributed by atoms with van der Waals surface area (Å²) in [5.41, 5.74) is 6.73. The van der Waals surface area contributed by atoms with Crippen LogP contribution in [0, 0.1) is 12.8 Å². The Kier molecular flexibility index (Phi) is 6.40. The van der Waals surface area contributed by atoms with Crippen molar-refractivity contribution in [2.24, 2.45) is 5.92 Å². The molecular formula is C31H31NO4. The quantitative estimate of drug-likeness (QED) is 0.283. The molecule has 0 amide bonds. The number of hydrogen-bond acceptors (Lipinski definition) is 4. The van der Waals surface area contributed by atoms with Gasteiger partial charge in [-0.05, 0) is 72.9 Å². The van der Waals surface area contributed by atoms with Crippen LogP contribution in [0.3, 0.4) is 0 Å². The maximum Gasteiger partial charge on any atom is 0.314 e. The number of benzene rings is 3. The van der Waals surface area contributed by atoms with E-state index in [2.05, 4.69) is 48.5 Å². The molecule has 1 N–H and O–H groups in total. The normalized spacial score (nSPS) is 14.9. The maximum absolute atomic E-state index is 11.6. The number of carboxylic acids is 1. The van der Waals surface area contributed by atoms with Crippen molar-refractivity contribution in [3.05, 3.63) is 95.2 Å². The Balaban J connectivity index is 1.30. The Morgan fingerprint density at radius 1 is 0.944 bits per heavy atom. The number of aryl methyl sites for hydroxylation is 1. The number of aliphatic carboxylic acids is 1. The Morgan fingerprint density at radius 2 is 1.53 bits per heavy atom. The molecule has 1 aliphatic carbocycles. The molecule has 1 aromatic heterocycles. The Bertz CT molecular complexity index is 1350. The summed E-state index contributed by atoms with van der Waals surface area (Å²) in [6.45, 7) is 4.26. The fourth-order valence-corrected chi connectivity index (χ4v) is 4.99. The number of carbonyl (C=O) groups is 1. The van der Waals surface area contributed by atoms with Gasteiger partial charge in [-0.2, -0.15) is 0 Å². The average Bonchev–Trinajstić information content (AvgIpc) is 3.64. The van der Waals surface area contributed by atoms with Crippen LogP contribution in [0.25, 0.3) is 22.5 Å². The first-order valence-corrected chi connectivity index (χ1v) is 12.4. The summed E-state index contributed by atoms with van der Waals surface area (Å²) >= 11 is 0. The Hall–Kier alpha value is -3.86. The van der Waals surface area contributed by atoms with Crippen molar-refractivity contribution in [2.75, 3.05) is 7.11 Å². The summed E-state index contributed by atoms with van der Waals surface area (Å²) in [5, 5.41) is 13.8. The standard InChI is InChI=1S/C31H31NO4/c1-20(18-22-4-14-27(35-3)15-5-22)19-28-21(2)32-36-29(28)25-8-6-23(7-9-25)24-10-12-26(13-11-24)31(16-17-31)30(33)34/h4-15,20H,16-19H2,1-3H3,(H,33,34). The van der Waals surface area contributed by atoms with E-state index in [1.807, 2.05) is 43.3 Å². The third kappa shape index (κ3) is 4.66. The van der Waals surface area contributed by atoms with E-state index in [9.17, 15) is 9.90 Å². The highest BCUT2D eigenvalue weighted by atomic mass is 16.5. The maximum atomic E-state index is 11.6. The van der Waals surface area contributed by atoms with Gasteiger partial charge in [0.05, 0.1) is 18.2 Å². The number of nitrogens with zero attached hydrogens (tertiary/aromatic N) is 1. The van der Waals surface area contributed by atoms with E-state index in [4.69, 9.17) is 9.26 Å². The first kappa shape index (κ1) is 23.9. The summed E-state index contributed by atoms with van der Waals surface area (Å²) < 4.78 is 11.0. The molecule has 1 saturated carbocycles. The lowest BCUT2D eigenvalue weighted by Gasteiger charge is -2.13. The van der Waals surface area contributed by atoms with Gasteiger partial charge in [-0.3, -0.25) is 4.79 Å². The summed E-state index contributed by atoms with van der Waals surface area (Å²) in [4.78, 5) is 11.6. The van der Waals surface area contributed by atoms with Gasteiger partial charge in [-0.15, -0.1) is 0 Å². The molecular weight excluding hydrogens is 450 g/mol. The number of methoxy groups -OCH3 is 1. The van der Waals surface area contributed by atoms with Gasteiger partial charge in [-0.25, -0.2) is 0 Å². The highest BCUT2D eigenvalue weighted by Crippen LogP contribution is 2.48. The third-order valence-electron chi connectivity index (χ3n) is 7.36. The molecule has 1 heterocycles. The zero-order valence-electron chi connectivity index (χ0n) is 21.0. The van der Waals surface area contributed by atoms with E-state index >= 15 is 0 Å². The summed E-state index contributed by atoms with van der Waals surface area (Å²) in [7, 11) is 1.68. The van der Waals surface area contributed by atoms with Crippen molar-refractivity contribution in [3.63, 3.8) is 0 Å². The molecule has 0 aliphatic heterocycles. The molecule has 5 heteroatoms. The molecule has 5 rings (SSSR count). The highest BCUT2D eigenvalue weighted by Gasteiger charge is 2.51. The average molecular weight is 482 g/mol. The van der Waals surface area contributed by atoms with Crippen molar-refractivity contribution in [2.45, 2.75) is 44.9 Å². The van der Waals surface area contributed by atoms with Crippen LogP contribution in [0.4, 0.5) is 0 Å². The van der Waals surface area contributed by atoms with Gasteiger partial charge in [0, 0.05) is 11.1 Å². The van der Waals surface area contributed by atoms with Crippen LogP contribution in [0.2, 0.25) is 0 Å². The van der Waals surface area contributed by atoms with Gasteiger partial charge in [-0.1, -0.05) is 72.7 Å². The molecule has 0 spiro atoms. The summed E-state index contributed by atoms with van der Waals surface area (Å²) in [5.74, 6) is 1.40. The Labute approximate surface area is 211 Å². The largest absolute Gasteiger partial charge is 0.497 e. The second-order valence-corrected chi connectivity index (χ2v) is 9.98. The number of rotatable bonds is 9.